The molecule has 28 nitrogen and oxygen atoms in total. The number of methoxy groups -OCH3 is 2. The molecule has 5 aromatic carbocycles. The van der Waals surface area contributed by atoms with Gasteiger partial charge in [0.15, 0.2) is 59.2 Å². The van der Waals surface area contributed by atoms with E-state index in [2.05, 4.69) is 5.32 Å². The van der Waals surface area contributed by atoms with Crippen LogP contribution in [0.4, 0.5) is 0 Å². The third-order valence-corrected chi connectivity index (χ3v) is 23.7. The van der Waals surface area contributed by atoms with Gasteiger partial charge in [0.25, 0.3) is 5.91 Å². The molecule has 6 fully saturated rings. The zero-order valence-electron chi connectivity index (χ0n) is 60.0. The van der Waals surface area contributed by atoms with Gasteiger partial charge < -0.3 is 102 Å². The Hall–Kier alpha value is -9.37. The number of amides is 1. The summed E-state index contributed by atoms with van der Waals surface area (Å²) in [6.07, 6.45) is -17.7. The number of phenols is 1. The highest BCUT2D eigenvalue weighted by Gasteiger charge is 2.78. The number of hydrogen-bond donors (Lipinski definition) is 7. The molecule has 572 valence electrons. The van der Waals surface area contributed by atoms with Gasteiger partial charge in [0.1, 0.15) is 48.3 Å². The zero-order chi connectivity index (χ0) is 76.6. The molecule has 2 bridgehead atoms. The van der Waals surface area contributed by atoms with Gasteiger partial charge in [-0.1, -0.05) is 86.6 Å². The summed E-state index contributed by atoms with van der Waals surface area (Å²) in [4.78, 5) is 97.8. The van der Waals surface area contributed by atoms with Crippen LogP contribution in [0.5, 0.6) is 28.7 Å². The molecule has 9 aliphatic rings. The van der Waals surface area contributed by atoms with Crippen LogP contribution in [0.3, 0.4) is 0 Å². The fraction of sp³-hybridized carbons (Fsp3) is 0.456. The first-order valence-electron chi connectivity index (χ1n) is 35.4. The second-order valence-corrected chi connectivity index (χ2v) is 30.1. The Balaban J connectivity index is 0.000000188. The summed E-state index contributed by atoms with van der Waals surface area (Å²) in [6, 6.07) is 33.6. The van der Waals surface area contributed by atoms with E-state index in [-0.39, 0.29) is 72.6 Å². The number of phenolic OH excluding ortho intramolecular Hbond substituents is 1. The van der Waals surface area contributed by atoms with Crippen LogP contribution in [-0.4, -0.2) is 192 Å². The number of ether oxygens (including phenoxy) is 14. The number of aromatic hydroxyl groups is 1. The number of ketones is 1. The van der Waals surface area contributed by atoms with Crippen LogP contribution in [0, 0.1) is 28.6 Å². The van der Waals surface area contributed by atoms with Crippen LogP contribution < -0.4 is 24.3 Å². The lowest BCUT2D eigenvalue weighted by Crippen LogP contribution is -2.82. The molecular weight excluding hydrogens is 1430 g/mol. The Morgan fingerprint density at radius 2 is 1.38 bits per heavy atom. The molecule has 108 heavy (non-hydrogen) atoms. The van der Waals surface area contributed by atoms with Crippen molar-refractivity contribution < 1.29 is 131 Å². The van der Waals surface area contributed by atoms with Crippen molar-refractivity contribution in [3.8, 4) is 28.7 Å². The molecule has 7 N–H and O–H groups in total. The Morgan fingerprint density at radius 1 is 0.731 bits per heavy atom. The molecule has 6 aromatic rings. The van der Waals surface area contributed by atoms with Gasteiger partial charge >= 0.3 is 29.8 Å². The van der Waals surface area contributed by atoms with E-state index in [4.69, 9.17) is 66.3 Å². The van der Waals surface area contributed by atoms with E-state index in [1.807, 2.05) is 23.6 Å². The Kier molecular flexibility index (Phi) is 20.6. The van der Waals surface area contributed by atoms with Gasteiger partial charge in [0.2, 0.25) is 12.5 Å². The lowest BCUT2D eigenvalue weighted by atomic mass is 9.44. The summed E-state index contributed by atoms with van der Waals surface area (Å²) in [5, 5.41) is 75.2. The number of cyclic esters (lactones) is 1. The van der Waals surface area contributed by atoms with Gasteiger partial charge in [0.05, 0.1) is 80.0 Å². The number of aliphatic hydroxyl groups excluding tert-OH is 4. The summed E-state index contributed by atoms with van der Waals surface area (Å²) in [5.41, 5.74) is -5.02. The Morgan fingerprint density at radius 3 is 1.99 bits per heavy atom. The first kappa shape index (κ1) is 75.4. The first-order valence-corrected chi connectivity index (χ1v) is 36.2. The quantitative estimate of drug-likeness (QED) is 0.0309. The summed E-state index contributed by atoms with van der Waals surface area (Å²) in [5.74, 6) is -7.93. The summed E-state index contributed by atoms with van der Waals surface area (Å²) < 4.78 is 82.8. The molecule has 4 saturated heterocycles. The van der Waals surface area contributed by atoms with Crippen LogP contribution >= 0.6 is 11.3 Å². The number of fused-ring (bicyclic) bond motifs is 9. The maximum atomic E-state index is 15.5. The molecule has 3 unspecified atom stereocenters. The second-order valence-electron chi connectivity index (χ2n) is 29.1. The standard InChI is InChI=1S/C47H51NO14.C32H32O13S/c1-25-31(60-43(56)36(52)35(28-16-10-7-11-17-28)48-41(54)29-18-12-8-13-19-29)23-47(57)40(61-42(55)30-20-14-9-15-21-30)38-45(6,32(51)22-33-46(38,24-58-33)62-27(3)50)39(53)37(59-26(2)49)34(25)44(47,4)5;1-37-19-6-13(7-20(38-2)25(19)33)23-14-8-17-18(42-12-41-17)9-15(14)28(16-10-39-30(36)24(16)23)44-32-27(35)26(34)29-21(43-32)11-40-31(45-29)22-4-3-5-46-22/h7-21,31-33,35-38,40,51-52,57H,22-24H2,1-6H3,(H,48,54);3-9,16,21,23-24,26-29,31-35H,10-12H2,1-2H3/t31-,32-,33+,35-,36+,37+,38-,40-,45+,46-,47+;16?,21-,23-,24+,26-,27-,28?,29-,31?,32+/m01/s1. The van der Waals surface area contributed by atoms with Crippen LogP contribution in [0.1, 0.15) is 127 Å². The minimum atomic E-state index is -2.39. The van der Waals surface area contributed by atoms with Crippen molar-refractivity contribution in [1.82, 2.24) is 5.32 Å². The van der Waals surface area contributed by atoms with Crippen LogP contribution in [0.15, 0.2) is 144 Å². The normalized spacial score (nSPS) is 32.9. The number of carbonyl (C=O) groups is 7. The van der Waals surface area contributed by atoms with Crippen molar-refractivity contribution in [3.05, 3.63) is 182 Å². The van der Waals surface area contributed by atoms with E-state index in [1.54, 1.807) is 111 Å². The zero-order valence-corrected chi connectivity index (χ0v) is 60.8. The number of Topliss-reactive ketones (excluding diaryl/α,β-unsaturated/α-hetero) is 1. The molecule has 15 rings (SSSR count). The topological polar surface area (TPSA) is 382 Å². The van der Waals surface area contributed by atoms with Gasteiger partial charge in [-0.2, -0.15) is 0 Å². The fourth-order valence-electron chi connectivity index (χ4n) is 17.4. The summed E-state index contributed by atoms with van der Waals surface area (Å²) in [6.45, 7) is 8.15. The molecule has 4 aliphatic carbocycles. The average molecular weight is 1510 g/mol. The number of aliphatic hydroxyl groups is 5. The molecule has 5 aliphatic heterocycles. The van der Waals surface area contributed by atoms with Crippen LogP contribution in [0.25, 0.3) is 0 Å². The molecular formula is C79H83NO27S. The van der Waals surface area contributed by atoms with Crippen molar-refractivity contribution in [2.45, 2.75) is 157 Å². The number of nitrogens with one attached hydrogen (secondary N) is 1. The minimum absolute atomic E-state index is 0.00289. The van der Waals surface area contributed by atoms with Gasteiger partial charge in [-0.05, 0) is 107 Å². The summed E-state index contributed by atoms with van der Waals surface area (Å²) >= 11 is 1.46. The smallest absolute Gasteiger partial charge is 0.338 e. The van der Waals surface area contributed by atoms with E-state index in [0.717, 1.165) is 18.7 Å². The van der Waals surface area contributed by atoms with Crippen LogP contribution in [0.2, 0.25) is 0 Å². The number of hydrogen-bond acceptors (Lipinski definition) is 28. The summed E-state index contributed by atoms with van der Waals surface area (Å²) in [7, 11) is 2.86. The van der Waals surface area contributed by atoms with Crippen molar-refractivity contribution in [2.75, 3.05) is 40.8 Å². The average Bonchev–Trinajstić information content (AvgIpc) is 0.731. The molecule has 1 amide bonds. The van der Waals surface area contributed by atoms with E-state index in [9.17, 15) is 59.4 Å². The lowest BCUT2D eigenvalue weighted by molar-refractivity contribution is -0.368. The molecule has 0 radical (unpaired) electrons. The molecule has 29 heteroatoms. The van der Waals surface area contributed by atoms with Gasteiger partial charge in [-0.3, -0.25) is 24.0 Å². The van der Waals surface area contributed by atoms with Crippen molar-refractivity contribution in [2.24, 2.45) is 28.6 Å². The van der Waals surface area contributed by atoms with Crippen LogP contribution in [-0.2, 0) is 71.3 Å². The lowest BCUT2D eigenvalue weighted by Gasteiger charge is -2.67. The fourth-order valence-corrected chi connectivity index (χ4v) is 18.1. The predicted molar refractivity (Wildman–Crippen MR) is 374 cm³/mol. The highest BCUT2D eigenvalue weighted by Crippen LogP contribution is 2.65. The SMILES string of the molecule is CC(=O)O[C@H]1C(=O)[C@@]2(C)[C@H]([C@H](OC(=O)c3ccccc3)[C@]3(O)C[C@H](OC(=O)[C@H](O)[C@@H](NC(=O)c4ccccc4)c4ccccc4)C(C)=C1C3(C)C)[C@]1(OC(C)=O)CO[C@@H]1C[C@@H]2O.COc1cc([C@@H]2c3cc4c(cc3C(O[C@@H]3O[C@@H]5COC(c6cccs6)O[C@H]5[C@H](O)[C@H]3O)C3COC(=O)[C@@H]32)OCO4)cc(OC)c1O. The number of esters is 5. The molecule has 21 atom stereocenters. The number of benzene rings is 5. The maximum absolute atomic E-state index is 15.5. The highest BCUT2D eigenvalue weighted by molar-refractivity contribution is 7.10. The predicted octanol–water partition coefficient (Wildman–Crippen LogP) is 6.49. The van der Waals surface area contributed by atoms with E-state index >= 15 is 4.79 Å². The van der Waals surface area contributed by atoms with Crippen molar-refractivity contribution in [1.29, 1.82) is 0 Å². The number of rotatable bonds is 16. The Bertz CT molecular complexity index is 4440. The highest BCUT2D eigenvalue weighted by atomic mass is 32.1. The molecule has 1 aromatic heterocycles. The monoisotopic (exact) mass is 1510 g/mol. The second kappa shape index (κ2) is 29.6. The molecule has 6 heterocycles. The van der Waals surface area contributed by atoms with Gasteiger partial charge in [-0.15, -0.1) is 11.3 Å². The van der Waals surface area contributed by atoms with Crippen molar-refractivity contribution in [3.63, 3.8) is 0 Å². The first-order chi connectivity index (χ1) is 51.6. The minimum Gasteiger partial charge on any atom is -0.502 e. The maximum Gasteiger partial charge on any atom is 0.338 e. The third-order valence-electron chi connectivity index (χ3n) is 22.8. The molecule has 2 saturated carbocycles. The van der Waals surface area contributed by atoms with Crippen molar-refractivity contribution >= 4 is 52.9 Å². The Labute approximate surface area is 623 Å². The number of carbonyl (C=O) groups excluding carboxylic acids is 7. The van der Waals surface area contributed by atoms with E-state index in [1.165, 1.54) is 51.5 Å². The van der Waals surface area contributed by atoms with E-state index in [0.29, 0.717) is 33.8 Å². The number of thiophene rings is 1. The van der Waals surface area contributed by atoms with E-state index < -0.39 is 179 Å². The van der Waals surface area contributed by atoms with Gasteiger partial charge in [0, 0.05) is 49.5 Å². The molecule has 0 spiro atoms. The third kappa shape index (κ3) is 13.0. The van der Waals surface area contributed by atoms with Gasteiger partial charge in [-0.25, -0.2) is 9.59 Å². The largest absolute Gasteiger partial charge is 0.502 e.